The molecule has 184 valence electrons. The van der Waals surface area contributed by atoms with Crippen molar-refractivity contribution in [1.82, 2.24) is 15.6 Å². The zero-order valence-electron chi connectivity index (χ0n) is 19.5. The molecule has 0 aliphatic heterocycles. The Bertz CT molecular complexity index is 1320. The Labute approximate surface area is 220 Å². The van der Waals surface area contributed by atoms with E-state index < -0.39 is 6.04 Å². The van der Waals surface area contributed by atoms with Crippen LogP contribution in [0, 0.1) is 5.41 Å². The monoisotopic (exact) mass is 520 g/mol. The van der Waals surface area contributed by atoms with E-state index in [0.29, 0.717) is 41.6 Å². The summed E-state index contributed by atoms with van der Waals surface area (Å²) in [5.41, 5.74) is 3.26. The van der Waals surface area contributed by atoms with Crippen LogP contribution in [0.5, 0.6) is 0 Å². The number of rotatable bonds is 10. The molecular weight excluding hydrogens is 495 g/mol. The van der Waals surface area contributed by atoms with E-state index in [4.69, 9.17) is 33.0 Å². The summed E-state index contributed by atoms with van der Waals surface area (Å²) < 4.78 is 6.05. The highest BCUT2D eigenvalue weighted by Crippen LogP contribution is 2.27. The predicted octanol–water partition coefficient (Wildman–Crippen LogP) is 6.72. The number of alkyl halides is 1. The fourth-order valence-corrected chi connectivity index (χ4v) is 4.07. The maximum atomic E-state index is 13.3. The van der Waals surface area contributed by atoms with Crippen molar-refractivity contribution in [2.24, 2.45) is 0 Å². The number of nitrogens with one attached hydrogen (secondary N) is 3. The molecule has 4 aromatic rings. The molecule has 1 unspecified atom stereocenters. The van der Waals surface area contributed by atoms with E-state index >= 15 is 0 Å². The molecule has 36 heavy (non-hydrogen) atoms. The lowest BCUT2D eigenvalue weighted by Crippen LogP contribution is -2.30. The molecule has 3 aromatic carbocycles. The van der Waals surface area contributed by atoms with Crippen LogP contribution in [-0.2, 0) is 0 Å². The van der Waals surface area contributed by atoms with Gasteiger partial charge in [-0.3, -0.25) is 10.2 Å². The van der Waals surface area contributed by atoms with Gasteiger partial charge in [0.25, 0.3) is 5.91 Å². The molecule has 0 saturated heterocycles. The lowest BCUT2D eigenvalue weighted by atomic mass is 10.0. The highest BCUT2D eigenvalue weighted by molar-refractivity contribution is 6.30. The summed E-state index contributed by atoms with van der Waals surface area (Å²) in [6.07, 6.45) is 2.91. The van der Waals surface area contributed by atoms with Crippen LogP contribution in [0.1, 0.15) is 35.1 Å². The first-order valence-corrected chi connectivity index (χ1v) is 12.5. The Hall–Kier alpha value is -3.61. The minimum atomic E-state index is -0.447. The van der Waals surface area contributed by atoms with Gasteiger partial charge < -0.3 is 15.1 Å². The van der Waals surface area contributed by atoms with Crippen LogP contribution in [0.2, 0.25) is 5.02 Å². The van der Waals surface area contributed by atoms with Crippen molar-refractivity contribution in [3.8, 4) is 22.5 Å². The van der Waals surface area contributed by atoms with E-state index in [0.717, 1.165) is 16.7 Å². The van der Waals surface area contributed by atoms with E-state index in [2.05, 4.69) is 15.6 Å². The summed E-state index contributed by atoms with van der Waals surface area (Å²) >= 11 is 11.8. The van der Waals surface area contributed by atoms with Gasteiger partial charge in [0.1, 0.15) is 11.9 Å². The van der Waals surface area contributed by atoms with Gasteiger partial charge in [-0.15, -0.1) is 11.6 Å². The number of oxazole rings is 1. The molecule has 1 atom stereocenters. The number of amidine groups is 1. The molecule has 6 nitrogen and oxygen atoms in total. The zero-order valence-corrected chi connectivity index (χ0v) is 21.0. The van der Waals surface area contributed by atoms with E-state index in [1.165, 1.54) is 0 Å². The minimum Gasteiger partial charge on any atom is -0.438 e. The number of amides is 1. The predicted molar refractivity (Wildman–Crippen MR) is 145 cm³/mol. The Morgan fingerprint density at radius 3 is 2.44 bits per heavy atom. The van der Waals surface area contributed by atoms with Crippen molar-refractivity contribution in [3.63, 3.8) is 0 Å². The first-order valence-electron chi connectivity index (χ1n) is 11.6. The Morgan fingerprint density at radius 1 is 0.972 bits per heavy atom. The molecule has 0 aliphatic carbocycles. The van der Waals surface area contributed by atoms with Crippen LogP contribution in [0.15, 0.2) is 89.5 Å². The number of hydrogen-bond donors (Lipinski definition) is 3. The molecular formula is C28H26Cl2N4O2. The number of carbonyl (C=O) groups excluding carboxylic acids is 1. The first kappa shape index (κ1) is 25.5. The van der Waals surface area contributed by atoms with Gasteiger partial charge in [0.15, 0.2) is 5.76 Å². The SMILES string of the molecule is N=C(CCl)NCCCC(NC(=O)c1cccc(-c2cccc(Cl)c2)c1)c1ncc(-c2ccccc2)o1. The number of halogens is 2. The van der Waals surface area contributed by atoms with Crippen molar-refractivity contribution >= 4 is 34.9 Å². The highest BCUT2D eigenvalue weighted by atomic mass is 35.5. The van der Waals surface area contributed by atoms with Crippen LogP contribution in [-0.4, -0.2) is 29.2 Å². The van der Waals surface area contributed by atoms with Crippen LogP contribution >= 0.6 is 23.2 Å². The minimum absolute atomic E-state index is 0.128. The van der Waals surface area contributed by atoms with Gasteiger partial charge in [0.2, 0.25) is 5.89 Å². The standard InChI is InChI=1S/C28H26Cl2N4O2/c29-17-26(31)32-14-6-13-24(28-33-18-25(36-28)19-7-2-1-3-8-19)34-27(35)22-11-4-9-20(15-22)21-10-5-12-23(30)16-21/h1-5,7-12,15-16,18,24H,6,13-14,17H2,(H2,31,32)(H,34,35). The van der Waals surface area contributed by atoms with Gasteiger partial charge in [-0.05, 0) is 48.2 Å². The third-order valence-electron chi connectivity index (χ3n) is 5.61. The second kappa shape index (κ2) is 12.4. The van der Waals surface area contributed by atoms with Crippen LogP contribution < -0.4 is 10.6 Å². The normalized spacial score (nSPS) is 11.6. The summed E-state index contributed by atoms with van der Waals surface area (Å²) in [4.78, 5) is 17.7. The number of aromatic nitrogens is 1. The molecule has 0 spiro atoms. The molecule has 4 rings (SSSR count). The molecule has 8 heteroatoms. The average Bonchev–Trinajstić information content (AvgIpc) is 3.41. The lowest BCUT2D eigenvalue weighted by Gasteiger charge is -2.17. The summed E-state index contributed by atoms with van der Waals surface area (Å²) in [6.45, 7) is 0.550. The summed E-state index contributed by atoms with van der Waals surface area (Å²) in [6, 6.07) is 24.2. The number of hydrogen-bond acceptors (Lipinski definition) is 4. The van der Waals surface area contributed by atoms with Crippen molar-refractivity contribution < 1.29 is 9.21 Å². The van der Waals surface area contributed by atoms with E-state index in [1.807, 2.05) is 72.8 Å². The lowest BCUT2D eigenvalue weighted by molar-refractivity contribution is 0.0927. The van der Waals surface area contributed by atoms with Crippen LogP contribution in [0.3, 0.4) is 0 Å². The number of benzene rings is 3. The Morgan fingerprint density at radius 2 is 1.69 bits per heavy atom. The van der Waals surface area contributed by atoms with E-state index in [1.54, 1.807) is 12.3 Å². The van der Waals surface area contributed by atoms with Crippen molar-refractivity contribution in [3.05, 3.63) is 102 Å². The second-order valence-electron chi connectivity index (χ2n) is 8.23. The zero-order chi connectivity index (χ0) is 25.3. The van der Waals surface area contributed by atoms with Crippen molar-refractivity contribution in [1.29, 1.82) is 5.41 Å². The molecule has 0 bridgehead atoms. The third-order valence-corrected chi connectivity index (χ3v) is 6.11. The highest BCUT2D eigenvalue weighted by Gasteiger charge is 2.21. The fraction of sp³-hybridized carbons (Fsp3) is 0.179. The third kappa shape index (κ3) is 6.74. The Balaban J connectivity index is 1.52. The molecule has 0 radical (unpaired) electrons. The molecule has 0 fully saturated rings. The quantitative estimate of drug-likeness (QED) is 0.0936. The largest absolute Gasteiger partial charge is 0.438 e. The summed E-state index contributed by atoms with van der Waals surface area (Å²) in [5.74, 6) is 1.22. The summed E-state index contributed by atoms with van der Waals surface area (Å²) in [7, 11) is 0. The van der Waals surface area contributed by atoms with Crippen molar-refractivity contribution in [2.75, 3.05) is 12.4 Å². The second-order valence-corrected chi connectivity index (χ2v) is 8.93. The van der Waals surface area contributed by atoms with E-state index in [9.17, 15) is 4.79 Å². The number of carbonyl (C=O) groups is 1. The van der Waals surface area contributed by atoms with Gasteiger partial charge >= 0.3 is 0 Å². The van der Waals surface area contributed by atoms with Gasteiger partial charge in [-0.2, -0.15) is 0 Å². The molecule has 0 saturated carbocycles. The molecule has 1 aromatic heterocycles. The van der Waals surface area contributed by atoms with Crippen LogP contribution in [0.4, 0.5) is 0 Å². The van der Waals surface area contributed by atoms with Gasteiger partial charge in [0.05, 0.1) is 12.1 Å². The fourth-order valence-electron chi connectivity index (χ4n) is 3.78. The molecule has 1 heterocycles. The number of nitrogens with zero attached hydrogens (tertiary/aromatic N) is 1. The van der Waals surface area contributed by atoms with Gasteiger partial charge in [-0.1, -0.05) is 66.2 Å². The molecule has 0 aliphatic rings. The van der Waals surface area contributed by atoms with Gasteiger partial charge in [0, 0.05) is 22.7 Å². The van der Waals surface area contributed by atoms with Crippen LogP contribution in [0.25, 0.3) is 22.5 Å². The van der Waals surface area contributed by atoms with Gasteiger partial charge in [-0.25, -0.2) is 4.98 Å². The smallest absolute Gasteiger partial charge is 0.251 e. The van der Waals surface area contributed by atoms with E-state index in [-0.39, 0.29) is 17.6 Å². The maximum absolute atomic E-state index is 13.3. The topological polar surface area (TPSA) is 91.0 Å². The summed E-state index contributed by atoms with van der Waals surface area (Å²) in [5, 5.41) is 14.3. The maximum Gasteiger partial charge on any atom is 0.251 e. The average molecular weight is 521 g/mol. The molecule has 3 N–H and O–H groups in total. The van der Waals surface area contributed by atoms with Crippen molar-refractivity contribution in [2.45, 2.75) is 18.9 Å². The first-order chi connectivity index (χ1) is 17.5. The Kier molecular flexibility index (Phi) is 8.76. The molecule has 1 amide bonds.